The van der Waals surface area contributed by atoms with Gasteiger partial charge in [-0.15, -0.1) is 0 Å². The summed E-state index contributed by atoms with van der Waals surface area (Å²) in [6, 6.07) is 6.22. The fraction of sp³-hybridized carbons (Fsp3) is 0.0833. The highest BCUT2D eigenvalue weighted by Crippen LogP contribution is 2.15. The Kier molecular flexibility index (Phi) is 5.28. The Balaban J connectivity index is 2.75. The molecule has 0 radical (unpaired) electrons. The fourth-order valence-electron chi connectivity index (χ4n) is 1.26. The number of hydrogen-bond donors (Lipinski definition) is 3. The smallest absolute Gasteiger partial charge is 0.296 e. The molecule has 0 atom stereocenters. The van der Waals surface area contributed by atoms with Crippen molar-refractivity contribution in [3.63, 3.8) is 0 Å². The van der Waals surface area contributed by atoms with Gasteiger partial charge in [0.15, 0.2) is 0 Å². The number of carbonyl (C=O) groups excluding carboxylic acids is 1. The van der Waals surface area contributed by atoms with E-state index in [4.69, 9.17) is 5.14 Å². The highest BCUT2D eigenvalue weighted by molar-refractivity contribution is 7.90. The summed E-state index contributed by atoms with van der Waals surface area (Å²) in [4.78, 5) is 11.5. The molecule has 0 saturated heterocycles. The molecule has 1 aromatic rings. The van der Waals surface area contributed by atoms with Crippen LogP contribution in [0, 0.1) is 0 Å². The van der Waals surface area contributed by atoms with E-state index in [-0.39, 0.29) is 11.6 Å². The van der Waals surface area contributed by atoms with Gasteiger partial charge < -0.3 is 5.32 Å². The van der Waals surface area contributed by atoms with Gasteiger partial charge in [0.05, 0.1) is 5.69 Å². The Morgan fingerprint density at radius 3 is 2.58 bits per heavy atom. The van der Waals surface area contributed by atoms with Crippen molar-refractivity contribution in [1.29, 1.82) is 0 Å². The standard InChI is InChI=1S/C12H15N3O3S/c1-2-3-4-8-12(16)14-10-6-5-7-11(9-10)15-19(13,17)18/h2-9,15H,1H3,(H,14,16)(H2,13,17,18). The number of carbonyl (C=O) groups is 1. The minimum atomic E-state index is -3.83. The SMILES string of the molecule is CC=CC=CC(=O)Nc1cccc(NS(N)(=O)=O)c1. The van der Waals surface area contributed by atoms with Gasteiger partial charge in [-0.1, -0.05) is 24.3 Å². The second kappa shape index (κ2) is 6.72. The van der Waals surface area contributed by atoms with Crippen molar-refractivity contribution in [3.8, 4) is 0 Å². The number of nitrogens with one attached hydrogen (secondary N) is 2. The summed E-state index contributed by atoms with van der Waals surface area (Å²) >= 11 is 0. The van der Waals surface area contributed by atoms with Crippen LogP contribution in [0.3, 0.4) is 0 Å². The molecule has 7 heteroatoms. The summed E-state index contributed by atoms with van der Waals surface area (Å²) in [7, 11) is -3.83. The number of amides is 1. The monoisotopic (exact) mass is 281 g/mol. The third-order valence-electron chi connectivity index (χ3n) is 1.94. The van der Waals surface area contributed by atoms with E-state index in [1.807, 2.05) is 6.92 Å². The highest BCUT2D eigenvalue weighted by Gasteiger charge is 2.03. The second-order valence-electron chi connectivity index (χ2n) is 3.60. The van der Waals surface area contributed by atoms with Crippen LogP contribution >= 0.6 is 0 Å². The molecule has 0 aliphatic heterocycles. The van der Waals surface area contributed by atoms with Gasteiger partial charge in [0.1, 0.15) is 0 Å². The molecule has 1 amide bonds. The van der Waals surface area contributed by atoms with E-state index in [2.05, 4.69) is 10.0 Å². The minimum absolute atomic E-state index is 0.276. The molecule has 0 heterocycles. The Bertz CT molecular complexity index is 606. The van der Waals surface area contributed by atoms with Crippen LogP contribution < -0.4 is 15.2 Å². The number of nitrogens with two attached hydrogens (primary N) is 1. The first-order valence-electron chi connectivity index (χ1n) is 5.41. The second-order valence-corrected chi connectivity index (χ2v) is 4.90. The van der Waals surface area contributed by atoms with Crippen LogP contribution in [-0.2, 0) is 15.0 Å². The Morgan fingerprint density at radius 2 is 1.95 bits per heavy atom. The summed E-state index contributed by atoms with van der Waals surface area (Å²) in [6.45, 7) is 1.84. The summed E-state index contributed by atoms with van der Waals surface area (Å²) in [5.41, 5.74) is 0.738. The van der Waals surface area contributed by atoms with E-state index in [0.29, 0.717) is 5.69 Å². The topological polar surface area (TPSA) is 101 Å². The van der Waals surface area contributed by atoms with E-state index < -0.39 is 10.2 Å². The molecule has 6 nitrogen and oxygen atoms in total. The first kappa shape index (κ1) is 14.9. The van der Waals surface area contributed by atoms with Crippen LogP contribution in [-0.4, -0.2) is 14.3 Å². The average molecular weight is 281 g/mol. The van der Waals surface area contributed by atoms with Gasteiger partial charge in [-0.3, -0.25) is 9.52 Å². The van der Waals surface area contributed by atoms with Gasteiger partial charge in [0.25, 0.3) is 10.2 Å². The third-order valence-corrected chi connectivity index (χ3v) is 2.46. The Morgan fingerprint density at radius 1 is 1.26 bits per heavy atom. The molecule has 0 saturated carbocycles. The lowest BCUT2D eigenvalue weighted by atomic mass is 10.3. The molecular weight excluding hydrogens is 266 g/mol. The Labute approximate surface area is 112 Å². The summed E-state index contributed by atoms with van der Waals surface area (Å²) in [5.74, 6) is -0.314. The molecule has 19 heavy (non-hydrogen) atoms. The molecule has 0 fully saturated rings. The summed E-state index contributed by atoms with van der Waals surface area (Å²) in [5, 5.41) is 7.45. The highest BCUT2D eigenvalue weighted by atomic mass is 32.2. The number of rotatable bonds is 5. The van der Waals surface area contributed by atoms with Crippen LogP contribution in [0.25, 0.3) is 0 Å². The van der Waals surface area contributed by atoms with Crippen molar-refractivity contribution in [2.75, 3.05) is 10.0 Å². The molecule has 0 spiro atoms. The molecular formula is C12H15N3O3S. The molecule has 0 aliphatic rings. The quantitative estimate of drug-likeness (QED) is 0.561. The molecule has 0 aromatic heterocycles. The lowest BCUT2D eigenvalue weighted by molar-refractivity contribution is -0.111. The third kappa shape index (κ3) is 6.39. The zero-order valence-electron chi connectivity index (χ0n) is 10.3. The number of hydrogen-bond acceptors (Lipinski definition) is 3. The van der Waals surface area contributed by atoms with Crippen LogP contribution in [0.15, 0.2) is 48.6 Å². The Hall–Kier alpha value is -2.12. The lowest BCUT2D eigenvalue weighted by Gasteiger charge is -2.06. The van der Waals surface area contributed by atoms with E-state index in [1.54, 1.807) is 30.4 Å². The molecule has 102 valence electrons. The normalized spacial score (nSPS) is 11.9. The lowest BCUT2D eigenvalue weighted by Crippen LogP contribution is -2.21. The number of allylic oxidation sites excluding steroid dienone is 3. The predicted octanol–water partition coefficient (Wildman–Crippen LogP) is 1.37. The van der Waals surface area contributed by atoms with Crippen LogP contribution in [0.1, 0.15) is 6.92 Å². The average Bonchev–Trinajstić information content (AvgIpc) is 2.27. The van der Waals surface area contributed by atoms with Gasteiger partial charge >= 0.3 is 0 Å². The van der Waals surface area contributed by atoms with Gasteiger partial charge in [0, 0.05) is 11.8 Å². The molecule has 1 rings (SSSR count). The van der Waals surface area contributed by atoms with Crippen molar-refractivity contribution in [2.24, 2.45) is 5.14 Å². The molecule has 1 aromatic carbocycles. The maximum atomic E-state index is 11.5. The molecule has 0 aliphatic carbocycles. The number of benzene rings is 1. The van der Waals surface area contributed by atoms with E-state index >= 15 is 0 Å². The van der Waals surface area contributed by atoms with E-state index in [1.165, 1.54) is 18.2 Å². The maximum absolute atomic E-state index is 11.5. The van der Waals surface area contributed by atoms with E-state index in [9.17, 15) is 13.2 Å². The summed E-state index contributed by atoms with van der Waals surface area (Å²) < 4.78 is 23.9. The van der Waals surface area contributed by atoms with Gasteiger partial charge in [-0.2, -0.15) is 8.42 Å². The van der Waals surface area contributed by atoms with Gasteiger partial charge in [0.2, 0.25) is 5.91 Å². The van der Waals surface area contributed by atoms with Crippen molar-refractivity contribution in [1.82, 2.24) is 0 Å². The minimum Gasteiger partial charge on any atom is -0.322 e. The zero-order chi connectivity index (χ0) is 14.3. The molecule has 0 unspecified atom stereocenters. The first-order chi connectivity index (χ1) is 8.90. The van der Waals surface area contributed by atoms with Crippen molar-refractivity contribution in [2.45, 2.75) is 6.92 Å². The fourth-order valence-corrected chi connectivity index (χ4v) is 1.72. The van der Waals surface area contributed by atoms with Gasteiger partial charge in [-0.05, 0) is 25.1 Å². The largest absolute Gasteiger partial charge is 0.322 e. The van der Waals surface area contributed by atoms with Crippen molar-refractivity contribution < 1.29 is 13.2 Å². The summed E-state index contributed by atoms with van der Waals surface area (Å²) in [6.07, 6.45) is 6.47. The first-order valence-corrected chi connectivity index (χ1v) is 6.96. The molecule has 0 bridgehead atoms. The van der Waals surface area contributed by atoms with Crippen LogP contribution in [0.5, 0.6) is 0 Å². The van der Waals surface area contributed by atoms with Crippen molar-refractivity contribution >= 4 is 27.5 Å². The van der Waals surface area contributed by atoms with Gasteiger partial charge in [-0.25, -0.2) is 5.14 Å². The van der Waals surface area contributed by atoms with Crippen molar-refractivity contribution in [3.05, 3.63) is 48.6 Å². The van der Waals surface area contributed by atoms with Crippen LogP contribution in [0.2, 0.25) is 0 Å². The number of anilines is 2. The predicted molar refractivity (Wildman–Crippen MR) is 75.8 cm³/mol. The zero-order valence-corrected chi connectivity index (χ0v) is 11.1. The van der Waals surface area contributed by atoms with Crippen LogP contribution in [0.4, 0.5) is 11.4 Å². The molecule has 4 N–H and O–H groups in total. The maximum Gasteiger partial charge on any atom is 0.296 e. The van der Waals surface area contributed by atoms with E-state index in [0.717, 1.165) is 0 Å².